The lowest BCUT2D eigenvalue weighted by molar-refractivity contribution is -0.120. The summed E-state index contributed by atoms with van der Waals surface area (Å²) in [5.41, 5.74) is 2.48. The largest absolute Gasteiger partial charge is 0.354 e. The molecular weight excluding hydrogens is 358 g/mol. The van der Waals surface area contributed by atoms with Gasteiger partial charge in [0.2, 0.25) is 5.91 Å². The normalized spacial score (nSPS) is 12.0. The van der Waals surface area contributed by atoms with Crippen LogP contribution in [0.3, 0.4) is 0 Å². The smallest absolute Gasteiger partial charge is 0.233 e. The van der Waals surface area contributed by atoms with E-state index in [9.17, 15) is 4.79 Å². The number of carbonyl (C=O) groups is 1. The van der Waals surface area contributed by atoms with Crippen molar-refractivity contribution in [3.63, 3.8) is 0 Å². The molecule has 0 aliphatic rings. The molecule has 2 nitrogen and oxygen atoms in total. The topological polar surface area (TPSA) is 29.1 Å². The van der Waals surface area contributed by atoms with Crippen LogP contribution in [0.4, 0.5) is 0 Å². The second-order valence-corrected chi connectivity index (χ2v) is 8.50. The number of nitrogens with one attached hydrogen (secondary N) is 1. The standard InChI is InChI=1S/C19H22ClNOS2/c1-14-3-9-18(10-4-14)24-15(2)19(22)21-11-12-23-13-16-5-7-17(20)8-6-16/h3-10,15H,11-13H2,1-2H3,(H,21,22)/t15-/m1/s1. The van der Waals surface area contributed by atoms with Crippen molar-refractivity contribution in [2.24, 2.45) is 0 Å². The number of thioether (sulfide) groups is 2. The molecule has 0 fully saturated rings. The summed E-state index contributed by atoms with van der Waals surface area (Å²) >= 11 is 9.27. The van der Waals surface area contributed by atoms with E-state index in [1.54, 1.807) is 23.5 Å². The van der Waals surface area contributed by atoms with E-state index in [1.807, 2.05) is 31.2 Å². The van der Waals surface area contributed by atoms with Gasteiger partial charge in [-0.25, -0.2) is 0 Å². The van der Waals surface area contributed by atoms with E-state index >= 15 is 0 Å². The maximum atomic E-state index is 12.1. The lowest BCUT2D eigenvalue weighted by Crippen LogP contribution is -2.32. The lowest BCUT2D eigenvalue weighted by atomic mass is 10.2. The summed E-state index contributed by atoms with van der Waals surface area (Å²) < 4.78 is 0. The highest BCUT2D eigenvalue weighted by Crippen LogP contribution is 2.23. The molecule has 0 aliphatic carbocycles. The first-order chi connectivity index (χ1) is 11.5. The third-order valence-electron chi connectivity index (χ3n) is 3.43. The first-order valence-corrected chi connectivity index (χ1v) is 10.3. The monoisotopic (exact) mass is 379 g/mol. The molecule has 0 radical (unpaired) electrons. The molecule has 5 heteroatoms. The number of benzene rings is 2. The van der Waals surface area contributed by atoms with Gasteiger partial charge < -0.3 is 5.32 Å². The van der Waals surface area contributed by atoms with Gasteiger partial charge in [-0.3, -0.25) is 4.79 Å². The van der Waals surface area contributed by atoms with Gasteiger partial charge in [0.05, 0.1) is 5.25 Å². The Bertz CT molecular complexity index is 643. The minimum atomic E-state index is -0.0889. The number of aryl methyl sites for hydroxylation is 1. The zero-order valence-electron chi connectivity index (χ0n) is 13.9. The number of rotatable bonds is 8. The third kappa shape index (κ3) is 6.80. The Morgan fingerprint density at radius 1 is 1.12 bits per heavy atom. The molecule has 0 saturated heterocycles. The van der Waals surface area contributed by atoms with Crippen molar-refractivity contribution in [1.29, 1.82) is 0 Å². The fourth-order valence-corrected chi connectivity index (χ4v) is 3.87. The van der Waals surface area contributed by atoms with Gasteiger partial charge in [0.1, 0.15) is 0 Å². The quantitative estimate of drug-likeness (QED) is 0.506. The summed E-state index contributed by atoms with van der Waals surface area (Å²) in [7, 11) is 0. The molecule has 0 aliphatic heterocycles. The molecule has 24 heavy (non-hydrogen) atoms. The molecule has 1 N–H and O–H groups in total. The summed E-state index contributed by atoms with van der Waals surface area (Å²) in [6, 6.07) is 16.1. The van der Waals surface area contributed by atoms with Crippen molar-refractivity contribution in [3.8, 4) is 0 Å². The van der Waals surface area contributed by atoms with Crippen molar-refractivity contribution in [2.45, 2.75) is 29.7 Å². The highest BCUT2D eigenvalue weighted by molar-refractivity contribution is 8.00. The highest BCUT2D eigenvalue weighted by atomic mass is 35.5. The molecule has 2 rings (SSSR count). The molecule has 2 aromatic rings. The first kappa shape index (κ1) is 19.2. The Balaban J connectivity index is 1.63. The highest BCUT2D eigenvalue weighted by Gasteiger charge is 2.13. The molecule has 0 unspecified atom stereocenters. The third-order valence-corrected chi connectivity index (χ3v) is 5.82. The van der Waals surface area contributed by atoms with Crippen LogP contribution in [0.1, 0.15) is 18.1 Å². The molecule has 1 amide bonds. The summed E-state index contributed by atoms with van der Waals surface area (Å²) in [4.78, 5) is 13.3. The predicted octanol–water partition coefficient (Wildman–Crippen LogP) is 5.18. The van der Waals surface area contributed by atoms with Crippen LogP contribution in [0.25, 0.3) is 0 Å². The molecule has 0 heterocycles. The Morgan fingerprint density at radius 2 is 1.79 bits per heavy atom. The molecule has 1 atom stereocenters. The molecular formula is C19H22ClNOS2. The maximum Gasteiger partial charge on any atom is 0.233 e. The Morgan fingerprint density at radius 3 is 2.46 bits per heavy atom. The van der Waals surface area contributed by atoms with E-state index in [-0.39, 0.29) is 11.2 Å². The Hall–Kier alpha value is -1.10. The molecule has 128 valence electrons. The van der Waals surface area contributed by atoms with E-state index in [1.165, 1.54) is 11.1 Å². The van der Waals surface area contributed by atoms with Crippen LogP contribution in [0.5, 0.6) is 0 Å². The van der Waals surface area contributed by atoms with Crippen molar-refractivity contribution < 1.29 is 4.79 Å². The van der Waals surface area contributed by atoms with E-state index in [2.05, 4.69) is 36.5 Å². The van der Waals surface area contributed by atoms with Gasteiger partial charge in [-0.1, -0.05) is 41.4 Å². The number of hydrogen-bond donors (Lipinski definition) is 1. The second kappa shape index (κ2) is 10.0. The van der Waals surface area contributed by atoms with Gasteiger partial charge in [-0.2, -0.15) is 11.8 Å². The number of hydrogen-bond acceptors (Lipinski definition) is 3. The summed E-state index contributed by atoms with van der Waals surface area (Å²) in [6.07, 6.45) is 0. The zero-order valence-corrected chi connectivity index (χ0v) is 16.3. The average Bonchev–Trinajstić information content (AvgIpc) is 2.58. The second-order valence-electron chi connectivity index (χ2n) is 5.54. The van der Waals surface area contributed by atoms with Crippen LogP contribution < -0.4 is 5.32 Å². The van der Waals surface area contributed by atoms with Gasteiger partial charge in [-0.05, 0) is 43.7 Å². The lowest BCUT2D eigenvalue weighted by Gasteiger charge is -2.12. The first-order valence-electron chi connectivity index (χ1n) is 7.88. The van der Waals surface area contributed by atoms with Gasteiger partial charge in [0, 0.05) is 28.0 Å². The van der Waals surface area contributed by atoms with E-state index in [0.29, 0.717) is 6.54 Å². The molecule has 0 saturated carbocycles. The van der Waals surface area contributed by atoms with Crippen molar-refractivity contribution in [2.75, 3.05) is 12.3 Å². The maximum absolute atomic E-state index is 12.1. The van der Waals surface area contributed by atoms with Crippen LogP contribution >= 0.6 is 35.1 Å². The van der Waals surface area contributed by atoms with Crippen LogP contribution in [0.15, 0.2) is 53.4 Å². The molecule has 0 bridgehead atoms. The van der Waals surface area contributed by atoms with Crippen molar-refractivity contribution in [1.82, 2.24) is 5.32 Å². The minimum absolute atomic E-state index is 0.0889. The van der Waals surface area contributed by atoms with Crippen molar-refractivity contribution in [3.05, 3.63) is 64.7 Å². The number of carbonyl (C=O) groups excluding carboxylic acids is 1. The van der Waals surface area contributed by atoms with E-state index in [0.717, 1.165) is 21.4 Å². The van der Waals surface area contributed by atoms with E-state index < -0.39 is 0 Å². The molecule has 2 aromatic carbocycles. The van der Waals surface area contributed by atoms with E-state index in [4.69, 9.17) is 11.6 Å². The van der Waals surface area contributed by atoms with Gasteiger partial charge >= 0.3 is 0 Å². The fourth-order valence-electron chi connectivity index (χ4n) is 2.04. The van der Waals surface area contributed by atoms with Gasteiger partial charge in [0.25, 0.3) is 0 Å². The minimum Gasteiger partial charge on any atom is -0.354 e. The number of halogens is 1. The van der Waals surface area contributed by atoms with Crippen LogP contribution in [-0.2, 0) is 10.5 Å². The summed E-state index contributed by atoms with van der Waals surface area (Å²) in [6.45, 7) is 4.70. The predicted molar refractivity (Wildman–Crippen MR) is 107 cm³/mol. The zero-order chi connectivity index (χ0) is 17.4. The fraction of sp³-hybridized carbons (Fsp3) is 0.316. The van der Waals surface area contributed by atoms with Gasteiger partial charge in [-0.15, -0.1) is 11.8 Å². The van der Waals surface area contributed by atoms with Crippen LogP contribution in [-0.4, -0.2) is 23.5 Å². The average molecular weight is 380 g/mol. The van der Waals surface area contributed by atoms with Gasteiger partial charge in [0.15, 0.2) is 0 Å². The molecule has 0 aromatic heterocycles. The van der Waals surface area contributed by atoms with Crippen LogP contribution in [0.2, 0.25) is 5.02 Å². The Labute approximate surface area is 157 Å². The number of amides is 1. The van der Waals surface area contributed by atoms with Crippen LogP contribution in [0, 0.1) is 6.92 Å². The molecule has 0 spiro atoms. The van der Waals surface area contributed by atoms with Crippen molar-refractivity contribution >= 4 is 41.0 Å². The summed E-state index contributed by atoms with van der Waals surface area (Å²) in [5.74, 6) is 1.92. The Kier molecular flexibility index (Phi) is 8.03. The summed E-state index contributed by atoms with van der Waals surface area (Å²) in [5, 5.41) is 3.68. The SMILES string of the molecule is Cc1ccc(S[C@H](C)C(=O)NCCSCc2ccc(Cl)cc2)cc1.